The molecule has 3 N–H and O–H groups in total. The monoisotopic (exact) mass is 557 g/mol. The quantitative estimate of drug-likeness (QED) is 0.261. The molecule has 0 aliphatic carbocycles. The van der Waals surface area contributed by atoms with Crippen LogP contribution in [0.4, 0.5) is 5.69 Å². The van der Waals surface area contributed by atoms with Crippen molar-refractivity contribution in [1.29, 1.82) is 0 Å². The number of carbonyl (C=O) groups excluding carboxylic acids is 2. The van der Waals surface area contributed by atoms with Crippen LogP contribution in [0.25, 0.3) is 32.6 Å². The van der Waals surface area contributed by atoms with Gasteiger partial charge in [0.15, 0.2) is 0 Å². The number of hydrogen-bond donors (Lipinski definition) is 2. The number of nitrogen functional groups attached to an aromatic ring is 1. The fourth-order valence-electron chi connectivity index (χ4n) is 4.21. The second kappa shape index (κ2) is 10.3. The molecule has 3 aromatic carbocycles. The van der Waals surface area contributed by atoms with Crippen molar-refractivity contribution in [3.8, 4) is 28.1 Å². The van der Waals surface area contributed by atoms with Crippen molar-refractivity contribution < 1.29 is 22.7 Å². The SMILES string of the molecule is COc1ccc(-c2cc(-c3ccccc3)nc3sc(C(=O)c4ccc(S(=O)(=O)NC(C)=O)cc4)c(N)c23)cc1. The van der Waals surface area contributed by atoms with Gasteiger partial charge in [0.1, 0.15) is 15.5 Å². The van der Waals surface area contributed by atoms with E-state index in [2.05, 4.69) is 0 Å². The number of sulfonamides is 1. The summed E-state index contributed by atoms with van der Waals surface area (Å²) in [5.74, 6) is -0.352. The Balaban J connectivity index is 1.62. The van der Waals surface area contributed by atoms with Crippen molar-refractivity contribution in [3.63, 3.8) is 0 Å². The third kappa shape index (κ3) is 5.12. The van der Waals surface area contributed by atoms with Crippen molar-refractivity contribution >= 4 is 49.0 Å². The zero-order valence-electron chi connectivity index (χ0n) is 21.0. The normalized spacial score (nSPS) is 11.3. The van der Waals surface area contributed by atoms with E-state index in [-0.39, 0.29) is 16.2 Å². The zero-order valence-corrected chi connectivity index (χ0v) is 22.6. The zero-order chi connectivity index (χ0) is 27.7. The Kier molecular flexibility index (Phi) is 6.90. The van der Waals surface area contributed by atoms with Crippen LogP contribution in [0.5, 0.6) is 5.75 Å². The Hall–Kier alpha value is -4.54. The smallest absolute Gasteiger partial charge is 0.264 e. The van der Waals surface area contributed by atoms with Crippen LogP contribution < -0.4 is 15.2 Å². The van der Waals surface area contributed by atoms with Crippen molar-refractivity contribution in [1.82, 2.24) is 9.71 Å². The lowest BCUT2D eigenvalue weighted by molar-refractivity contribution is -0.117. The summed E-state index contributed by atoms with van der Waals surface area (Å²) in [4.78, 5) is 30.4. The average Bonchev–Trinajstić information content (AvgIpc) is 3.28. The minimum absolute atomic E-state index is 0.130. The van der Waals surface area contributed by atoms with Crippen LogP contribution in [0.2, 0.25) is 0 Å². The first-order valence-electron chi connectivity index (χ1n) is 11.8. The molecule has 1 amide bonds. The number of aromatic nitrogens is 1. The molecular weight excluding hydrogens is 534 g/mol. The molecule has 0 unspecified atom stereocenters. The summed E-state index contributed by atoms with van der Waals surface area (Å²) >= 11 is 1.18. The Bertz CT molecular complexity index is 1810. The number of benzene rings is 3. The van der Waals surface area contributed by atoms with E-state index in [0.29, 0.717) is 26.5 Å². The highest BCUT2D eigenvalue weighted by atomic mass is 32.2. The summed E-state index contributed by atoms with van der Waals surface area (Å²) in [5.41, 5.74) is 10.5. The number of ether oxygens (including phenoxy) is 1. The Morgan fingerprint density at radius 2 is 1.59 bits per heavy atom. The van der Waals surface area contributed by atoms with Gasteiger partial charge in [0.2, 0.25) is 11.7 Å². The number of thiophene rings is 1. The molecule has 5 aromatic rings. The minimum atomic E-state index is -4.02. The highest BCUT2D eigenvalue weighted by Crippen LogP contribution is 2.42. The molecule has 5 rings (SSSR count). The topological polar surface area (TPSA) is 128 Å². The predicted octanol–water partition coefficient (Wildman–Crippen LogP) is 5.28. The van der Waals surface area contributed by atoms with E-state index in [0.717, 1.165) is 29.3 Å². The van der Waals surface area contributed by atoms with Crippen molar-refractivity contribution in [2.75, 3.05) is 12.8 Å². The Labute approximate surface area is 229 Å². The van der Waals surface area contributed by atoms with E-state index >= 15 is 0 Å². The van der Waals surface area contributed by atoms with Gasteiger partial charge in [-0.05, 0) is 53.6 Å². The van der Waals surface area contributed by atoms with Gasteiger partial charge in [-0.15, -0.1) is 11.3 Å². The van der Waals surface area contributed by atoms with E-state index in [4.69, 9.17) is 15.5 Å². The molecule has 0 spiro atoms. The van der Waals surface area contributed by atoms with Gasteiger partial charge >= 0.3 is 0 Å². The summed E-state index contributed by atoms with van der Waals surface area (Å²) in [7, 11) is -2.42. The lowest BCUT2D eigenvalue weighted by Gasteiger charge is -2.10. The molecule has 0 saturated heterocycles. The number of anilines is 1. The van der Waals surface area contributed by atoms with Crippen molar-refractivity contribution in [2.45, 2.75) is 11.8 Å². The van der Waals surface area contributed by atoms with E-state index < -0.39 is 15.9 Å². The van der Waals surface area contributed by atoms with Gasteiger partial charge in [0, 0.05) is 23.4 Å². The number of fused-ring (bicyclic) bond motifs is 1. The van der Waals surface area contributed by atoms with Gasteiger partial charge in [-0.2, -0.15) is 0 Å². The van der Waals surface area contributed by atoms with Crippen LogP contribution in [0.3, 0.4) is 0 Å². The van der Waals surface area contributed by atoms with Gasteiger partial charge in [-0.3, -0.25) is 9.59 Å². The predicted molar refractivity (Wildman–Crippen MR) is 152 cm³/mol. The molecule has 0 saturated carbocycles. The van der Waals surface area contributed by atoms with Gasteiger partial charge in [0.05, 0.1) is 23.4 Å². The number of amides is 1. The standard InChI is InChI=1S/C29H23N3O5S2/c1-17(33)32-39(35,36)22-14-10-20(11-15-22)27(34)28-26(30)25-23(18-8-12-21(37-2)13-9-18)16-24(31-29(25)38-28)19-6-4-3-5-7-19/h3-16H,30H2,1-2H3,(H,32,33). The van der Waals surface area contributed by atoms with Crippen molar-refractivity contribution in [2.24, 2.45) is 0 Å². The molecule has 196 valence electrons. The van der Waals surface area contributed by atoms with E-state index in [1.54, 1.807) is 7.11 Å². The number of methoxy groups -OCH3 is 1. The number of pyridine rings is 1. The van der Waals surface area contributed by atoms with Crippen LogP contribution in [-0.2, 0) is 14.8 Å². The third-order valence-corrected chi connectivity index (χ3v) is 8.63. The van der Waals surface area contributed by atoms with Crippen LogP contribution in [0.1, 0.15) is 22.2 Å². The number of nitrogens with two attached hydrogens (primary N) is 1. The molecule has 0 radical (unpaired) electrons. The number of rotatable bonds is 7. The van der Waals surface area contributed by atoms with E-state index in [1.807, 2.05) is 65.4 Å². The minimum Gasteiger partial charge on any atom is -0.497 e. The first-order valence-corrected chi connectivity index (χ1v) is 14.1. The van der Waals surface area contributed by atoms with Gasteiger partial charge < -0.3 is 10.5 Å². The number of carbonyl (C=O) groups is 2. The molecule has 2 aromatic heterocycles. The fourth-order valence-corrected chi connectivity index (χ4v) is 6.28. The molecule has 39 heavy (non-hydrogen) atoms. The molecule has 0 aliphatic rings. The fraction of sp³-hybridized carbons (Fsp3) is 0.0690. The summed E-state index contributed by atoms with van der Waals surface area (Å²) in [5, 5.41) is 0.665. The van der Waals surface area contributed by atoms with E-state index in [9.17, 15) is 18.0 Å². The van der Waals surface area contributed by atoms with Gasteiger partial charge in [-0.1, -0.05) is 42.5 Å². The lowest BCUT2D eigenvalue weighted by atomic mass is 9.98. The molecule has 2 heterocycles. The summed E-state index contributed by atoms with van der Waals surface area (Å²) in [6.45, 7) is 1.11. The van der Waals surface area contributed by atoms with Gasteiger partial charge in [-0.25, -0.2) is 18.1 Å². The maximum absolute atomic E-state index is 13.5. The maximum Gasteiger partial charge on any atom is 0.264 e. The number of ketones is 1. The van der Waals surface area contributed by atoms with Crippen LogP contribution in [0.15, 0.2) is 89.8 Å². The van der Waals surface area contributed by atoms with Crippen molar-refractivity contribution in [3.05, 3.63) is 95.4 Å². The first kappa shape index (κ1) is 26.1. The molecule has 0 atom stereocenters. The number of nitrogens with one attached hydrogen (secondary N) is 1. The average molecular weight is 558 g/mol. The second-order valence-corrected chi connectivity index (χ2v) is 11.4. The molecule has 0 fully saturated rings. The highest BCUT2D eigenvalue weighted by Gasteiger charge is 2.23. The molecule has 8 nitrogen and oxygen atoms in total. The van der Waals surface area contributed by atoms with E-state index in [1.165, 1.54) is 35.6 Å². The third-order valence-electron chi connectivity index (χ3n) is 6.08. The van der Waals surface area contributed by atoms with Crippen LogP contribution >= 0.6 is 11.3 Å². The van der Waals surface area contributed by atoms with Crippen LogP contribution in [0, 0.1) is 0 Å². The lowest BCUT2D eigenvalue weighted by Crippen LogP contribution is -2.28. The molecule has 0 bridgehead atoms. The molecule has 0 aliphatic heterocycles. The largest absolute Gasteiger partial charge is 0.497 e. The first-order chi connectivity index (χ1) is 18.7. The summed E-state index contributed by atoms with van der Waals surface area (Å²) < 4.78 is 31.8. The summed E-state index contributed by atoms with van der Waals surface area (Å²) in [6, 6.07) is 24.6. The van der Waals surface area contributed by atoms with Crippen LogP contribution in [-0.4, -0.2) is 32.2 Å². The molecule has 10 heteroatoms. The molecular formula is C29H23N3O5S2. The highest BCUT2D eigenvalue weighted by molar-refractivity contribution is 7.90. The van der Waals surface area contributed by atoms with Gasteiger partial charge in [0.25, 0.3) is 10.0 Å². The maximum atomic E-state index is 13.5. The number of hydrogen-bond acceptors (Lipinski definition) is 8. The number of nitrogens with zero attached hydrogens (tertiary/aromatic N) is 1. The second-order valence-electron chi connectivity index (χ2n) is 8.69. The summed E-state index contributed by atoms with van der Waals surface area (Å²) in [6.07, 6.45) is 0. The Morgan fingerprint density at radius 3 is 2.21 bits per heavy atom. The Morgan fingerprint density at radius 1 is 0.923 bits per heavy atom.